The summed E-state index contributed by atoms with van der Waals surface area (Å²) in [4.78, 5) is 4.24. The van der Waals surface area contributed by atoms with Crippen molar-refractivity contribution < 1.29 is 0 Å². The minimum Gasteiger partial charge on any atom is -0.369 e. The highest BCUT2D eigenvalue weighted by molar-refractivity contribution is 5.79. The number of nitrogens with two attached hydrogens (primary N) is 1. The van der Waals surface area contributed by atoms with E-state index >= 15 is 0 Å². The number of rotatable bonds is 2. The van der Waals surface area contributed by atoms with Gasteiger partial charge in [-0.05, 0) is 24.6 Å². The number of aromatic nitrogens is 2. The summed E-state index contributed by atoms with van der Waals surface area (Å²) in [5, 5.41) is 8.81. The smallest absolute Gasteiger partial charge is 0.201 e. The van der Waals surface area contributed by atoms with Gasteiger partial charge in [-0.25, -0.2) is 4.98 Å². The van der Waals surface area contributed by atoms with Crippen LogP contribution < -0.4 is 5.73 Å². The molecule has 0 aliphatic heterocycles. The normalized spacial score (nSPS) is 10.4. The lowest BCUT2D eigenvalue weighted by atomic mass is 10.2. The molecular formula is C11H12N4. The van der Waals surface area contributed by atoms with Crippen molar-refractivity contribution in [2.45, 2.75) is 19.9 Å². The first-order valence-corrected chi connectivity index (χ1v) is 4.92. The van der Waals surface area contributed by atoms with Crippen LogP contribution in [0.2, 0.25) is 0 Å². The second kappa shape index (κ2) is 3.62. The van der Waals surface area contributed by atoms with Crippen molar-refractivity contribution in [2.24, 2.45) is 0 Å². The molecule has 0 aliphatic rings. The molecule has 2 rings (SSSR count). The van der Waals surface area contributed by atoms with E-state index in [-0.39, 0.29) is 0 Å². The topological polar surface area (TPSA) is 67.6 Å². The van der Waals surface area contributed by atoms with Crippen LogP contribution >= 0.6 is 0 Å². The highest BCUT2D eigenvalue weighted by atomic mass is 15.1. The first kappa shape index (κ1) is 9.53. The van der Waals surface area contributed by atoms with E-state index < -0.39 is 0 Å². The minimum absolute atomic E-state index is 0.516. The van der Waals surface area contributed by atoms with Gasteiger partial charge in [0, 0.05) is 6.54 Å². The van der Waals surface area contributed by atoms with Crippen LogP contribution in [0.5, 0.6) is 0 Å². The van der Waals surface area contributed by atoms with Crippen LogP contribution in [0.25, 0.3) is 11.0 Å². The number of benzene rings is 1. The maximum atomic E-state index is 8.81. The standard InChI is InChI=1S/C11H12N4/c1-2-5-15-10-6-8(7-12)3-4-9(10)14-11(15)13/h3-4,6H,2,5H2,1H3,(H2,13,14). The lowest BCUT2D eigenvalue weighted by Gasteiger charge is -2.03. The number of anilines is 1. The van der Waals surface area contributed by atoms with E-state index in [2.05, 4.69) is 18.0 Å². The summed E-state index contributed by atoms with van der Waals surface area (Å²) in [6, 6.07) is 7.53. The fraction of sp³-hybridized carbons (Fsp3) is 0.273. The number of nitriles is 1. The molecule has 15 heavy (non-hydrogen) atoms. The zero-order valence-electron chi connectivity index (χ0n) is 8.57. The van der Waals surface area contributed by atoms with Crippen molar-refractivity contribution in [1.29, 1.82) is 5.26 Å². The lowest BCUT2D eigenvalue weighted by Crippen LogP contribution is -2.02. The molecule has 0 radical (unpaired) electrons. The van der Waals surface area contributed by atoms with Crippen molar-refractivity contribution >= 4 is 17.0 Å². The lowest BCUT2D eigenvalue weighted by molar-refractivity contribution is 0.706. The number of fused-ring (bicyclic) bond motifs is 1. The Bertz CT molecular complexity index is 533. The fourth-order valence-corrected chi connectivity index (χ4v) is 1.67. The highest BCUT2D eigenvalue weighted by Gasteiger charge is 2.07. The predicted octanol–water partition coefficient (Wildman–Crippen LogP) is 1.90. The Balaban J connectivity index is 2.67. The van der Waals surface area contributed by atoms with Gasteiger partial charge in [-0.1, -0.05) is 6.92 Å². The zero-order valence-corrected chi connectivity index (χ0v) is 8.57. The summed E-state index contributed by atoms with van der Waals surface area (Å²) in [6.45, 7) is 2.91. The molecule has 76 valence electrons. The second-order valence-corrected chi connectivity index (χ2v) is 3.44. The van der Waals surface area contributed by atoms with Crippen molar-refractivity contribution in [1.82, 2.24) is 9.55 Å². The van der Waals surface area contributed by atoms with Crippen LogP contribution in [-0.2, 0) is 6.54 Å². The van der Waals surface area contributed by atoms with Crippen molar-refractivity contribution in [3.8, 4) is 6.07 Å². The molecule has 2 aromatic rings. The molecular weight excluding hydrogens is 188 g/mol. The molecule has 0 atom stereocenters. The quantitative estimate of drug-likeness (QED) is 0.805. The Morgan fingerprint density at radius 3 is 3.00 bits per heavy atom. The van der Waals surface area contributed by atoms with Gasteiger partial charge in [0.15, 0.2) is 0 Å². The summed E-state index contributed by atoms with van der Waals surface area (Å²) in [6.07, 6.45) is 0.993. The third kappa shape index (κ3) is 1.52. The van der Waals surface area contributed by atoms with E-state index in [4.69, 9.17) is 11.0 Å². The van der Waals surface area contributed by atoms with E-state index in [0.717, 1.165) is 24.0 Å². The van der Waals surface area contributed by atoms with Crippen molar-refractivity contribution in [3.63, 3.8) is 0 Å². The SMILES string of the molecule is CCCn1c(N)nc2ccc(C#N)cc21. The van der Waals surface area contributed by atoms with Gasteiger partial charge in [-0.2, -0.15) is 5.26 Å². The molecule has 0 fully saturated rings. The maximum Gasteiger partial charge on any atom is 0.201 e. The van der Waals surface area contributed by atoms with E-state index in [1.165, 1.54) is 0 Å². The van der Waals surface area contributed by atoms with E-state index in [1.807, 2.05) is 16.7 Å². The molecule has 0 spiro atoms. The van der Waals surface area contributed by atoms with Crippen LogP contribution in [-0.4, -0.2) is 9.55 Å². The summed E-state index contributed by atoms with van der Waals surface area (Å²) < 4.78 is 1.94. The van der Waals surface area contributed by atoms with E-state index in [0.29, 0.717) is 11.5 Å². The van der Waals surface area contributed by atoms with E-state index in [9.17, 15) is 0 Å². The molecule has 4 heteroatoms. The molecule has 1 aromatic carbocycles. The minimum atomic E-state index is 0.516. The van der Waals surface area contributed by atoms with Gasteiger partial charge in [0.2, 0.25) is 5.95 Å². The summed E-state index contributed by atoms with van der Waals surface area (Å²) >= 11 is 0. The predicted molar refractivity (Wildman–Crippen MR) is 59.2 cm³/mol. The van der Waals surface area contributed by atoms with Crippen LogP contribution in [0, 0.1) is 11.3 Å². The van der Waals surface area contributed by atoms with Crippen molar-refractivity contribution in [3.05, 3.63) is 23.8 Å². The fourth-order valence-electron chi connectivity index (χ4n) is 1.67. The van der Waals surface area contributed by atoms with Crippen LogP contribution in [0.3, 0.4) is 0 Å². The number of nitrogen functional groups attached to an aromatic ring is 1. The average Bonchev–Trinajstić information content (AvgIpc) is 2.55. The average molecular weight is 200 g/mol. The monoisotopic (exact) mass is 200 g/mol. The number of imidazole rings is 1. The van der Waals surface area contributed by atoms with Crippen LogP contribution in [0.15, 0.2) is 18.2 Å². The van der Waals surface area contributed by atoms with Gasteiger partial charge in [-0.3, -0.25) is 0 Å². The Hall–Kier alpha value is -2.02. The molecule has 2 N–H and O–H groups in total. The molecule has 0 bridgehead atoms. The molecule has 1 aromatic heterocycles. The third-order valence-electron chi connectivity index (χ3n) is 2.35. The van der Waals surface area contributed by atoms with Gasteiger partial charge in [0.05, 0.1) is 22.7 Å². The zero-order chi connectivity index (χ0) is 10.8. The van der Waals surface area contributed by atoms with Crippen LogP contribution in [0.4, 0.5) is 5.95 Å². The summed E-state index contributed by atoms with van der Waals surface area (Å²) in [5.74, 6) is 0.516. The maximum absolute atomic E-state index is 8.81. The highest BCUT2D eigenvalue weighted by Crippen LogP contribution is 2.19. The molecule has 0 saturated carbocycles. The Labute approximate surface area is 87.9 Å². The van der Waals surface area contributed by atoms with E-state index in [1.54, 1.807) is 6.07 Å². The Morgan fingerprint density at radius 2 is 2.33 bits per heavy atom. The molecule has 0 unspecified atom stereocenters. The largest absolute Gasteiger partial charge is 0.369 e. The van der Waals surface area contributed by atoms with Gasteiger partial charge >= 0.3 is 0 Å². The number of nitrogens with zero attached hydrogens (tertiary/aromatic N) is 3. The second-order valence-electron chi connectivity index (χ2n) is 3.44. The Kier molecular flexibility index (Phi) is 2.30. The first-order chi connectivity index (χ1) is 7.26. The summed E-state index contributed by atoms with van der Waals surface area (Å²) in [5.41, 5.74) is 8.22. The first-order valence-electron chi connectivity index (χ1n) is 4.92. The summed E-state index contributed by atoms with van der Waals surface area (Å²) in [7, 11) is 0. The number of hydrogen-bond acceptors (Lipinski definition) is 3. The molecule has 0 amide bonds. The van der Waals surface area contributed by atoms with Crippen molar-refractivity contribution in [2.75, 3.05) is 5.73 Å². The molecule has 0 aliphatic carbocycles. The third-order valence-corrected chi connectivity index (χ3v) is 2.35. The van der Waals surface area contributed by atoms with Gasteiger partial charge in [0.1, 0.15) is 0 Å². The number of hydrogen-bond donors (Lipinski definition) is 1. The van der Waals surface area contributed by atoms with Gasteiger partial charge in [0.25, 0.3) is 0 Å². The van der Waals surface area contributed by atoms with Gasteiger partial charge in [-0.15, -0.1) is 0 Å². The molecule has 1 heterocycles. The van der Waals surface area contributed by atoms with Crippen LogP contribution in [0.1, 0.15) is 18.9 Å². The molecule has 4 nitrogen and oxygen atoms in total. The molecule has 0 saturated heterocycles. The van der Waals surface area contributed by atoms with Gasteiger partial charge < -0.3 is 10.3 Å². The Morgan fingerprint density at radius 1 is 1.53 bits per heavy atom. The number of aryl methyl sites for hydroxylation is 1.